The van der Waals surface area contributed by atoms with E-state index in [-0.39, 0.29) is 25.9 Å². The number of likely N-dealkylation sites (tertiary alicyclic amines) is 1. The molecule has 1 rings (SSSR count). The number of nitrogens with zero attached hydrogens (tertiary/aromatic N) is 1. The van der Waals surface area contributed by atoms with Crippen LogP contribution in [0, 0.1) is 5.92 Å². The number of amides is 1. The molecule has 0 radical (unpaired) electrons. The van der Waals surface area contributed by atoms with Gasteiger partial charge in [-0.25, -0.2) is 0 Å². The molecule has 0 unspecified atom stereocenters. The third kappa shape index (κ3) is 4.70. The van der Waals surface area contributed by atoms with E-state index in [1.807, 2.05) is 0 Å². The van der Waals surface area contributed by atoms with Gasteiger partial charge in [-0.15, -0.1) is 0 Å². The van der Waals surface area contributed by atoms with Crippen molar-refractivity contribution in [3.05, 3.63) is 11.8 Å². The van der Waals surface area contributed by atoms with Crippen LogP contribution >= 0.6 is 0 Å². The summed E-state index contributed by atoms with van der Waals surface area (Å²) < 4.78 is 0. The number of carboxylic acid groups (broad SMARTS) is 1. The third-order valence-corrected chi connectivity index (χ3v) is 2.84. The highest BCUT2D eigenvalue weighted by Crippen LogP contribution is 2.18. The quantitative estimate of drug-likeness (QED) is 0.450. The maximum Gasteiger partial charge on any atom is 0.308 e. The average Bonchev–Trinajstić information content (AvgIpc) is 2.26. The average molecular weight is 270 g/mol. The second-order valence-electron chi connectivity index (χ2n) is 4.75. The largest absolute Gasteiger partial charge is 0.481 e. The lowest BCUT2D eigenvalue weighted by atomic mass is 9.96. The second kappa shape index (κ2) is 6.33. The Morgan fingerprint density at radius 2 is 2.00 bits per heavy atom. The van der Waals surface area contributed by atoms with Crippen LogP contribution in [-0.4, -0.2) is 52.0 Å². The standard InChI is InChI=1S/C12H18N2O5/c1-7(13)2-9(15)4-11(17)14-5-8(12(18)19)3-10(16)6-14/h2,8,10,16H,3-6,13H2,1H3,(H,18,19)/t8-,10-/m1/s1. The van der Waals surface area contributed by atoms with Gasteiger partial charge in [0, 0.05) is 24.9 Å². The van der Waals surface area contributed by atoms with Gasteiger partial charge in [0.1, 0.15) is 0 Å². The van der Waals surface area contributed by atoms with Gasteiger partial charge in [0.05, 0.1) is 18.4 Å². The number of carbonyl (C=O) groups is 3. The van der Waals surface area contributed by atoms with Gasteiger partial charge in [0.2, 0.25) is 5.91 Å². The fourth-order valence-electron chi connectivity index (χ4n) is 2.02. The molecule has 0 aromatic rings. The molecule has 0 spiro atoms. The Labute approximate surface area is 110 Å². The topological polar surface area (TPSA) is 121 Å². The van der Waals surface area contributed by atoms with E-state index < -0.39 is 29.7 Å². The number of ketones is 1. The predicted molar refractivity (Wildman–Crippen MR) is 65.9 cm³/mol. The minimum Gasteiger partial charge on any atom is -0.481 e. The Bertz CT molecular complexity index is 414. The molecule has 1 fully saturated rings. The Balaban J connectivity index is 2.63. The predicted octanol–water partition coefficient (Wildman–Crippen LogP) is -0.898. The highest BCUT2D eigenvalue weighted by Gasteiger charge is 2.33. The van der Waals surface area contributed by atoms with Gasteiger partial charge >= 0.3 is 5.97 Å². The lowest BCUT2D eigenvalue weighted by molar-refractivity contribution is -0.149. The molecule has 7 nitrogen and oxygen atoms in total. The number of rotatable bonds is 4. The van der Waals surface area contributed by atoms with Crippen molar-refractivity contribution in [2.24, 2.45) is 11.7 Å². The Kier molecular flexibility index (Phi) is 5.05. The number of piperidine rings is 1. The first-order valence-corrected chi connectivity index (χ1v) is 5.95. The van der Waals surface area contributed by atoms with E-state index in [0.717, 1.165) is 6.08 Å². The van der Waals surface area contributed by atoms with Gasteiger partial charge in [-0.1, -0.05) is 0 Å². The van der Waals surface area contributed by atoms with Gasteiger partial charge in [-0.05, 0) is 13.3 Å². The van der Waals surface area contributed by atoms with Crippen molar-refractivity contribution >= 4 is 17.7 Å². The van der Waals surface area contributed by atoms with E-state index in [2.05, 4.69) is 0 Å². The number of hydrogen-bond acceptors (Lipinski definition) is 5. The normalized spacial score (nSPS) is 24.1. The summed E-state index contributed by atoms with van der Waals surface area (Å²) in [5.74, 6) is -2.78. The van der Waals surface area contributed by atoms with E-state index in [4.69, 9.17) is 10.8 Å². The van der Waals surface area contributed by atoms with Crippen LogP contribution < -0.4 is 5.73 Å². The van der Waals surface area contributed by atoms with E-state index >= 15 is 0 Å². The molecule has 19 heavy (non-hydrogen) atoms. The van der Waals surface area contributed by atoms with Gasteiger partial charge in [-0.2, -0.15) is 0 Å². The minimum atomic E-state index is -1.06. The van der Waals surface area contributed by atoms with Crippen molar-refractivity contribution in [2.75, 3.05) is 13.1 Å². The van der Waals surface area contributed by atoms with Crippen LogP contribution in [-0.2, 0) is 14.4 Å². The highest BCUT2D eigenvalue weighted by atomic mass is 16.4. The SMILES string of the molecule is CC(N)=CC(=O)CC(=O)N1C[C@H](O)C[C@@H](C(=O)O)C1. The monoisotopic (exact) mass is 270 g/mol. The Hall–Kier alpha value is -1.89. The van der Waals surface area contributed by atoms with Crippen molar-refractivity contribution in [1.29, 1.82) is 0 Å². The van der Waals surface area contributed by atoms with E-state index in [1.165, 1.54) is 11.8 Å². The minimum absolute atomic E-state index is 0.0177. The molecule has 1 saturated heterocycles. The second-order valence-corrected chi connectivity index (χ2v) is 4.75. The van der Waals surface area contributed by atoms with E-state index in [1.54, 1.807) is 0 Å². The van der Waals surface area contributed by atoms with Crippen LogP contribution in [0.3, 0.4) is 0 Å². The van der Waals surface area contributed by atoms with Crippen molar-refractivity contribution in [3.8, 4) is 0 Å². The molecule has 4 N–H and O–H groups in total. The third-order valence-electron chi connectivity index (χ3n) is 2.84. The van der Waals surface area contributed by atoms with Gasteiger partial charge in [0.25, 0.3) is 0 Å². The molecule has 7 heteroatoms. The smallest absolute Gasteiger partial charge is 0.308 e. The molecule has 1 heterocycles. The zero-order valence-corrected chi connectivity index (χ0v) is 10.7. The number of aliphatic hydroxyl groups is 1. The molecule has 0 saturated carbocycles. The number of nitrogens with two attached hydrogens (primary N) is 1. The number of hydrogen-bond donors (Lipinski definition) is 3. The number of carbonyl (C=O) groups excluding carboxylic acids is 2. The van der Waals surface area contributed by atoms with Gasteiger partial charge in [-0.3, -0.25) is 14.4 Å². The summed E-state index contributed by atoms with van der Waals surface area (Å²) in [5, 5.41) is 18.5. The van der Waals surface area contributed by atoms with Crippen molar-refractivity contribution < 1.29 is 24.6 Å². The molecule has 0 bridgehead atoms. The summed E-state index contributed by atoms with van der Waals surface area (Å²) in [5.41, 5.74) is 5.63. The first-order chi connectivity index (χ1) is 8.79. The van der Waals surface area contributed by atoms with Crippen LogP contribution in [0.15, 0.2) is 11.8 Å². The van der Waals surface area contributed by atoms with Crippen LogP contribution in [0.5, 0.6) is 0 Å². The summed E-state index contributed by atoms with van der Waals surface area (Å²) in [6.45, 7) is 1.61. The van der Waals surface area contributed by atoms with E-state index in [9.17, 15) is 19.5 Å². The summed E-state index contributed by atoms with van der Waals surface area (Å²) in [6.07, 6.45) is 0.0378. The first kappa shape index (κ1) is 15.2. The maximum atomic E-state index is 11.8. The molecular weight excluding hydrogens is 252 g/mol. The molecular formula is C12H18N2O5. The highest BCUT2D eigenvalue weighted by molar-refractivity contribution is 6.04. The summed E-state index contributed by atoms with van der Waals surface area (Å²) in [7, 11) is 0. The lowest BCUT2D eigenvalue weighted by Gasteiger charge is -2.33. The maximum absolute atomic E-state index is 11.8. The number of aliphatic carboxylic acids is 1. The summed E-state index contributed by atoms with van der Waals surface area (Å²) in [6, 6.07) is 0. The summed E-state index contributed by atoms with van der Waals surface area (Å²) in [4.78, 5) is 35.4. The van der Waals surface area contributed by atoms with Crippen LogP contribution in [0.25, 0.3) is 0 Å². The van der Waals surface area contributed by atoms with Gasteiger partial charge in [0.15, 0.2) is 5.78 Å². The number of β-amino-alcohol motifs (C(OH)–C–C–N with tert-alkyl or cyclic N) is 1. The zero-order valence-electron chi connectivity index (χ0n) is 10.7. The Morgan fingerprint density at radius 3 is 2.53 bits per heavy atom. The molecule has 0 aliphatic carbocycles. The molecule has 106 valence electrons. The number of aliphatic hydroxyl groups excluding tert-OH is 1. The number of allylic oxidation sites excluding steroid dienone is 2. The fourth-order valence-corrected chi connectivity index (χ4v) is 2.02. The van der Waals surface area contributed by atoms with E-state index in [0.29, 0.717) is 5.70 Å². The van der Waals surface area contributed by atoms with Crippen LogP contribution in [0.2, 0.25) is 0 Å². The van der Waals surface area contributed by atoms with Crippen LogP contribution in [0.4, 0.5) is 0 Å². The molecule has 0 aromatic heterocycles. The molecule has 1 aliphatic heterocycles. The lowest BCUT2D eigenvalue weighted by Crippen LogP contribution is -2.48. The molecule has 1 amide bonds. The summed E-state index contributed by atoms with van der Waals surface area (Å²) >= 11 is 0. The molecule has 0 aromatic carbocycles. The van der Waals surface area contributed by atoms with Gasteiger partial charge < -0.3 is 20.8 Å². The number of carboxylic acids is 1. The zero-order chi connectivity index (χ0) is 14.6. The molecule has 1 aliphatic rings. The van der Waals surface area contributed by atoms with Crippen LogP contribution in [0.1, 0.15) is 19.8 Å². The van der Waals surface area contributed by atoms with Crippen molar-refractivity contribution in [2.45, 2.75) is 25.9 Å². The fraction of sp³-hybridized carbons (Fsp3) is 0.583. The van der Waals surface area contributed by atoms with Crippen molar-refractivity contribution in [3.63, 3.8) is 0 Å². The van der Waals surface area contributed by atoms with Crippen molar-refractivity contribution in [1.82, 2.24) is 4.90 Å². The Morgan fingerprint density at radius 1 is 1.37 bits per heavy atom. The first-order valence-electron chi connectivity index (χ1n) is 5.95. The molecule has 2 atom stereocenters.